The first-order valence-electron chi connectivity index (χ1n) is 13.6. The summed E-state index contributed by atoms with van der Waals surface area (Å²) in [5.41, 5.74) is 5.04. The van der Waals surface area contributed by atoms with Gasteiger partial charge in [0.1, 0.15) is 30.4 Å². The van der Waals surface area contributed by atoms with Crippen molar-refractivity contribution >= 4 is 17.6 Å². The van der Waals surface area contributed by atoms with Crippen molar-refractivity contribution in [3.63, 3.8) is 0 Å². The smallest absolute Gasteiger partial charge is 0.336 e. The fourth-order valence-corrected chi connectivity index (χ4v) is 6.54. The number of piperazine rings is 1. The van der Waals surface area contributed by atoms with Crippen LogP contribution in [0.3, 0.4) is 0 Å². The van der Waals surface area contributed by atoms with E-state index in [0.717, 1.165) is 42.7 Å². The Balaban J connectivity index is 1.14. The Morgan fingerprint density at radius 2 is 1.84 bits per heavy atom. The summed E-state index contributed by atoms with van der Waals surface area (Å²) >= 11 is 0. The second-order valence-electron chi connectivity index (χ2n) is 10.6. The summed E-state index contributed by atoms with van der Waals surface area (Å²) in [6.45, 7) is 2.69. The monoisotopic (exact) mass is 522 g/mol. The summed E-state index contributed by atoms with van der Waals surface area (Å²) in [4.78, 5) is 33.1. The van der Waals surface area contributed by atoms with Gasteiger partial charge in [0.15, 0.2) is 0 Å². The van der Waals surface area contributed by atoms with Gasteiger partial charge in [-0.3, -0.25) is 10.1 Å². The average Bonchev–Trinajstić information content (AvgIpc) is 3.41. The van der Waals surface area contributed by atoms with E-state index in [-0.39, 0.29) is 48.6 Å². The third kappa shape index (κ3) is 4.56. The number of hydrazine groups is 1. The number of carbonyl (C=O) groups excluding carboxylic acids is 2. The Hall–Kier alpha value is -3.37. The first-order valence-corrected chi connectivity index (χ1v) is 13.6. The lowest BCUT2D eigenvalue weighted by atomic mass is 9.80. The van der Waals surface area contributed by atoms with Gasteiger partial charge in [0, 0.05) is 38.1 Å². The third-order valence-electron chi connectivity index (χ3n) is 8.47. The summed E-state index contributed by atoms with van der Waals surface area (Å²) < 4.78 is 19.4. The van der Waals surface area contributed by atoms with Crippen LogP contribution in [0.15, 0.2) is 48.5 Å². The molecule has 202 valence electrons. The maximum Gasteiger partial charge on any atom is 0.336 e. The minimum Gasteiger partial charge on any atom is -0.495 e. The Morgan fingerprint density at radius 3 is 2.63 bits per heavy atom. The van der Waals surface area contributed by atoms with E-state index in [1.807, 2.05) is 35.2 Å². The molecule has 4 aliphatic rings. The lowest BCUT2D eigenvalue weighted by Gasteiger charge is -2.50. The number of fused-ring (bicyclic) bond motifs is 3. The van der Waals surface area contributed by atoms with Crippen molar-refractivity contribution in [1.29, 1.82) is 0 Å². The number of nitrogens with zero attached hydrogens (tertiary/aromatic N) is 4. The molecular weight excluding hydrogens is 487 g/mol. The number of rotatable bonds is 5. The summed E-state index contributed by atoms with van der Waals surface area (Å²) in [6, 6.07) is 14.2. The molecule has 38 heavy (non-hydrogen) atoms. The van der Waals surface area contributed by atoms with Gasteiger partial charge in [-0.2, -0.15) is 0 Å². The van der Waals surface area contributed by atoms with Crippen LogP contribution in [0.1, 0.15) is 37.4 Å². The molecule has 4 unspecified atom stereocenters. The molecule has 3 amide bonds. The van der Waals surface area contributed by atoms with Gasteiger partial charge in [-0.15, -0.1) is 0 Å². The minimum absolute atomic E-state index is 0.0110. The van der Waals surface area contributed by atoms with Crippen molar-refractivity contribution in [3.05, 3.63) is 59.9 Å². The van der Waals surface area contributed by atoms with Gasteiger partial charge in [-0.05, 0) is 42.7 Å². The number of para-hydroxylation sites is 2. The number of hydrogen-bond donors (Lipinski definition) is 2. The number of hydrogen-bond acceptors (Lipinski definition) is 6. The predicted molar refractivity (Wildman–Crippen MR) is 141 cm³/mol. The quantitative estimate of drug-likeness (QED) is 0.629. The molecule has 3 saturated heterocycles. The van der Waals surface area contributed by atoms with Crippen molar-refractivity contribution in [1.82, 2.24) is 25.6 Å². The van der Waals surface area contributed by atoms with Gasteiger partial charge in [0.2, 0.25) is 5.91 Å². The summed E-state index contributed by atoms with van der Waals surface area (Å²) in [7, 11) is 1.67. The first-order chi connectivity index (χ1) is 18.5. The molecule has 0 bridgehead atoms. The number of amides is 3. The van der Waals surface area contributed by atoms with Gasteiger partial charge in [0.25, 0.3) is 0 Å². The number of urea groups is 1. The molecule has 2 aromatic carbocycles. The Bertz CT molecular complexity index is 1190. The number of nitrogens with one attached hydrogen (secondary N) is 2. The van der Waals surface area contributed by atoms with Crippen LogP contribution in [-0.2, 0) is 4.79 Å². The number of halogens is 1. The van der Waals surface area contributed by atoms with E-state index in [2.05, 4.69) is 15.6 Å². The number of benzene rings is 2. The van der Waals surface area contributed by atoms with Crippen molar-refractivity contribution < 1.29 is 18.7 Å². The predicted octanol–water partition coefficient (Wildman–Crippen LogP) is 2.91. The summed E-state index contributed by atoms with van der Waals surface area (Å²) in [6.07, 6.45) is 3.47. The number of methoxy groups -OCH3 is 1. The van der Waals surface area contributed by atoms with Gasteiger partial charge in [-0.25, -0.2) is 19.6 Å². The van der Waals surface area contributed by atoms with Crippen LogP contribution in [0.4, 0.5) is 14.9 Å². The van der Waals surface area contributed by atoms with E-state index in [4.69, 9.17) is 4.74 Å². The number of ether oxygens (including phenoxy) is 1. The highest BCUT2D eigenvalue weighted by Gasteiger charge is 2.52. The molecule has 1 aliphatic carbocycles. The summed E-state index contributed by atoms with van der Waals surface area (Å²) in [5.74, 6) is 0.695. The van der Waals surface area contributed by atoms with E-state index in [9.17, 15) is 14.0 Å². The molecule has 0 aromatic heterocycles. The van der Waals surface area contributed by atoms with Gasteiger partial charge in [0.05, 0.1) is 12.8 Å². The molecular formula is C28H35FN6O3. The highest BCUT2D eigenvalue weighted by molar-refractivity contribution is 5.85. The van der Waals surface area contributed by atoms with Crippen LogP contribution in [0.25, 0.3) is 0 Å². The van der Waals surface area contributed by atoms with Gasteiger partial charge < -0.3 is 19.4 Å². The molecule has 3 aliphatic heterocycles. The number of carbonyl (C=O) groups is 2. The van der Waals surface area contributed by atoms with Crippen molar-refractivity contribution in [3.8, 4) is 5.75 Å². The van der Waals surface area contributed by atoms with E-state index < -0.39 is 0 Å². The molecule has 4 fully saturated rings. The molecule has 3 heterocycles. The van der Waals surface area contributed by atoms with Gasteiger partial charge >= 0.3 is 6.03 Å². The second kappa shape index (κ2) is 10.4. The van der Waals surface area contributed by atoms with E-state index in [0.29, 0.717) is 26.2 Å². The van der Waals surface area contributed by atoms with E-state index in [1.54, 1.807) is 23.1 Å². The van der Waals surface area contributed by atoms with Crippen molar-refractivity contribution in [2.45, 2.75) is 44.1 Å². The minimum atomic E-state index is -0.360. The third-order valence-corrected chi connectivity index (χ3v) is 8.47. The second-order valence-corrected chi connectivity index (χ2v) is 10.6. The lowest BCUT2D eigenvalue weighted by molar-refractivity contribution is -0.134. The highest BCUT2D eigenvalue weighted by Crippen LogP contribution is 2.39. The zero-order valence-electron chi connectivity index (χ0n) is 21.7. The van der Waals surface area contributed by atoms with E-state index >= 15 is 0 Å². The number of anilines is 1. The SMILES string of the molecule is COc1ccccc1N1CCN(C(=O)CN2C(=O)N3NC(c4cccc(F)c4)NC3C3CCCCC32)CC1. The van der Waals surface area contributed by atoms with Crippen LogP contribution in [0, 0.1) is 11.7 Å². The van der Waals surface area contributed by atoms with Crippen molar-refractivity contribution in [2.75, 3.05) is 44.7 Å². The standard InChI is InChI=1S/C28H35FN6O3/c1-38-24-12-5-4-11-23(24)32-13-15-33(16-14-32)25(36)18-34-22-10-3-2-9-21(22)27-30-26(31-35(27)28(34)37)19-7-6-8-20(29)17-19/h4-8,11-12,17,21-22,26-27,30-31H,2-3,9-10,13-16,18H2,1H3. The van der Waals surface area contributed by atoms with Gasteiger partial charge in [-0.1, -0.05) is 37.1 Å². The lowest BCUT2D eigenvalue weighted by Crippen LogP contribution is -2.67. The summed E-state index contributed by atoms with van der Waals surface area (Å²) in [5, 5.41) is 5.16. The van der Waals surface area contributed by atoms with Crippen LogP contribution in [0.5, 0.6) is 5.75 Å². The highest BCUT2D eigenvalue weighted by atomic mass is 19.1. The molecule has 1 saturated carbocycles. The molecule has 0 radical (unpaired) electrons. The fourth-order valence-electron chi connectivity index (χ4n) is 6.54. The Labute approximate surface area is 222 Å². The zero-order valence-corrected chi connectivity index (χ0v) is 21.7. The molecule has 6 rings (SSSR count). The van der Waals surface area contributed by atoms with Crippen LogP contribution in [0.2, 0.25) is 0 Å². The first kappa shape index (κ1) is 24.9. The van der Waals surface area contributed by atoms with E-state index in [1.165, 1.54) is 12.1 Å². The maximum absolute atomic E-state index is 13.9. The molecule has 10 heteroatoms. The maximum atomic E-state index is 13.9. The molecule has 9 nitrogen and oxygen atoms in total. The molecule has 4 atom stereocenters. The van der Waals surface area contributed by atoms with Crippen LogP contribution in [-0.4, -0.2) is 78.8 Å². The largest absolute Gasteiger partial charge is 0.495 e. The topological polar surface area (TPSA) is 80.4 Å². The molecule has 2 aromatic rings. The Kier molecular flexibility index (Phi) is 6.84. The Morgan fingerprint density at radius 1 is 1.05 bits per heavy atom. The van der Waals surface area contributed by atoms with Crippen LogP contribution >= 0.6 is 0 Å². The van der Waals surface area contributed by atoms with Crippen LogP contribution < -0.4 is 20.4 Å². The normalized spacial score (nSPS) is 27.3. The fraction of sp³-hybridized carbons (Fsp3) is 0.500. The average molecular weight is 523 g/mol. The molecule has 0 spiro atoms. The zero-order chi connectivity index (χ0) is 26.2. The molecule has 2 N–H and O–H groups in total. The van der Waals surface area contributed by atoms with Crippen molar-refractivity contribution in [2.24, 2.45) is 5.92 Å².